The highest BCUT2D eigenvalue weighted by atomic mass is 16.3. The zero-order valence-corrected chi connectivity index (χ0v) is 8.94. The Morgan fingerprint density at radius 1 is 1.27 bits per heavy atom. The molecule has 1 aromatic carbocycles. The second-order valence-corrected chi connectivity index (χ2v) is 3.70. The van der Waals surface area contributed by atoms with Crippen molar-refractivity contribution in [1.82, 2.24) is 9.78 Å². The van der Waals surface area contributed by atoms with Crippen molar-refractivity contribution in [3.8, 4) is 11.3 Å². The summed E-state index contributed by atoms with van der Waals surface area (Å²) >= 11 is 0. The summed E-state index contributed by atoms with van der Waals surface area (Å²) in [4.78, 5) is 0. The van der Waals surface area contributed by atoms with E-state index in [2.05, 4.69) is 12.0 Å². The van der Waals surface area contributed by atoms with Crippen LogP contribution < -0.4 is 0 Å². The van der Waals surface area contributed by atoms with E-state index in [0.29, 0.717) is 0 Å². The Kier molecular flexibility index (Phi) is 2.56. The largest absolute Gasteiger partial charge is 0.392 e. The first-order valence-electron chi connectivity index (χ1n) is 4.91. The maximum absolute atomic E-state index is 9.19. The first-order chi connectivity index (χ1) is 7.20. The number of aliphatic hydroxyl groups excluding tert-OH is 1. The molecule has 0 bridgehead atoms. The molecule has 1 heterocycles. The molecule has 2 aromatic rings. The topological polar surface area (TPSA) is 38.0 Å². The molecule has 3 heteroatoms. The zero-order valence-electron chi connectivity index (χ0n) is 8.94. The fourth-order valence-electron chi connectivity index (χ4n) is 1.61. The van der Waals surface area contributed by atoms with Gasteiger partial charge in [0.25, 0.3) is 0 Å². The molecule has 0 spiro atoms. The van der Waals surface area contributed by atoms with Crippen LogP contribution in [0, 0.1) is 6.92 Å². The van der Waals surface area contributed by atoms with Gasteiger partial charge in [-0.05, 0) is 6.92 Å². The molecule has 1 aromatic heterocycles. The molecule has 2 rings (SSSR count). The maximum atomic E-state index is 9.19. The van der Waals surface area contributed by atoms with Crippen molar-refractivity contribution in [2.45, 2.75) is 13.5 Å². The second kappa shape index (κ2) is 3.87. The van der Waals surface area contributed by atoms with Crippen LogP contribution in [0.25, 0.3) is 11.3 Å². The Hall–Kier alpha value is -1.61. The minimum atomic E-state index is 0.0249. The van der Waals surface area contributed by atoms with Gasteiger partial charge in [-0.3, -0.25) is 4.68 Å². The van der Waals surface area contributed by atoms with Crippen LogP contribution in [-0.4, -0.2) is 14.9 Å². The molecule has 0 unspecified atom stereocenters. The van der Waals surface area contributed by atoms with E-state index in [1.165, 1.54) is 5.56 Å². The highest BCUT2D eigenvalue weighted by molar-refractivity contribution is 5.62. The normalized spacial score (nSPS) is 10.6. The van der Waals surface area contributed by atoms with Crippen molar-refractivity contribution >= 4 is 0 Å². The average Bonchev–Trinajstić information content (AvgIpc) is 2.61. The molecule has 78 valence electrons. The minimum Gasteiger partial charge on any atom is -0.392 e. The summed E-state index contributed by atoms with van der Waals surface area (Å²) in [6, 6.07) is 8.14. The number of benzene rings is 1. The predicted octanol–water partition coefficient (Wildman–Crippen LogP) is 1.89. The van der Waals surface area contributed by atoms with Gasteiger partial charge < -0.3 is 5.11 Å². The maximum Gasteiger partial charge on any atom is 0.0978 e. The van der Waals surface area contributed by atoms with E-state index in [1.807, 2.05) is 37.5 Å². The molecular formula is C12H14N2O. The fourth-order valence-corrected chi connectivity index (χ4v) is 1.61. The summed E-state index contributed by atoms with van der Waals surface area (Å²) in [5.74, 6) is 0. The Morgan fingerprint density at radius 3 is 2.53 bits per heavy atom. The highest BCUT2D eigenvalue weighted by Gasteiger charge is 2.08. The molecule has 15 heavy (non-hydrogen) atoms. The molecule has 3 nitrogen and oxygen atoms in total. The lowest BCUT2D eigenvalue weighted by atomic mass is 10.1. The van der Waals surface area contributed by atoms with Crippen LogP contribution in [0.5, 0.6) is 0 Å². The van der Waals surface area contributed by atoms with Gasteiger partial charge in [-0.15, -0.1) is 0 Å². The Balaban J connectivity index is 2.48. The van der Waals surface area contributed by atoms with E-state index in [4.69, 9.17) is 0 Å². The number of aromatic nitrogens is 2. The van der Waals surface area contributed by atoms with Gasteiger partial charge in [-0.25, -0.2) is 0 Å². The van der Waals surface area contributed by atoms with E-state index in [1.54, 1.807) is 4.68 Å². The van der Waals surface area contributed by atoms with Crippen LogP contribution in [0.3, 0.4) is 0 Å². The summed E-state index contributed by atoms with van der Waals surface area (Å²) in [7, 11) is 1.86. The lowest BCUT2D eigenvalue weighted by Crippen LogP contribution is -1.88. The Morgan fingerprint density at radius 2 is 1.93 bits per heavy atom. The summed E-state index contributed by atoms with van der Waals surface area (Å²) in [6.07, 6.45) is 1.84. The van der Waals surface area contributed by atoms with Crippen LogP contribution in [0.15, 0.2) is 30.5 Å². The number of hydrogen-bond acceptors (Lipinski definition) is 2. The molecule has 0 saturated heterocycles. The molecule has 0 aliphatic carbocycles. The van der Waals surface area contributed by atoms with Crippen LogP contribution in [0.2, 0.25) is 0 Å². The fraction of sp³-hybridized carbons (Fsp3) is 0.250. The van der Waals surface area contributed by atoms with Crippen LogP contribution in [0.1, 0.15) is 11.1 Å². The van der Waals surface area contributed by atoms with Crippen molar-refractivity contribution in [2.24, 2.45) is 7.05 Å². The van der Waals surface area contributed by atoms with Crippen molar-refractivity contribution in [3.05, 3.63) is 41.6 Å². The second-order valence-electron chi connectivity index (χ2n) is 3.70. The van der Waals surface area contributed by atoms with Crippen LogP contribution in [-0.2, 0) is 13.7 Å². The van der Waals surface area contributed by atoms with Crippen LogP contribution in [0.4, 0.5) is 0 Å². The standard InChI is InChI=1S/C12H14N2O/c1-9-3-5-10(6-4-9)12-11(8-15)7-14(2)13-12/h3-7,15H,8H2,1-2H3. The van der Waals surface area contributed by atoms with Gasteiger partial charge in [-0.2, -0.15) is 5.10 Å². The number of rotatable bonds is 2. The number of aliphatic hydroxyl groups is 1. The van der Waals surface area contributed by atoms with Crippen molar-refractivity contribution in [3.63, 3.8) is 0 Å². The lowest BCUT2D eigenvalue weighted by molar-refractivity contribution is 0.282. The molecule has 0 amide bonds. The molecule has 0 aliphatic heterocycles. The first-order valence-corrected chi connectivity index (χ1v) is 4.91. The summed E-state index contributed by atoms with van der Waals surface area (Å²) < 4.78 is 1.72. The third-order valence-electron chi connectivity index (χ3n) is 2.40. The van der Waals surface area contributed by atoms with Crippen molar-refractivity contribution in [1.29, 1.82) is 0 Å². The molecule has 0 atom stereocenters. The van der Waals surface area contributed by atoms with E-state index in [9.17, 15) is 5.11 Å². The van der Waals surface area contributed by atoms with E-state index in [0.717, 1.165) is 16.8 Å². The van der Waals surface area contributed by atoms with Crippen molar-refractivity contribution in [2.75, 3.05) is 0 Å². The molecule has 0 saturated carbocycles. The van der Waals surface area contributed by atoms with Crippen LogP contribution >= 0.6 is 0 Å². The average molecular weight is 202 g/mol. The molecular weight excluding hydrogens is 188 g/mol. The third kappa shape index (κ3) is 1.92. The van der Waals surface area contributed by atoms with Gasteiger partial charge >= 0.3 is 0 Å². The Labute approximate surface area is 89.0 Å². The predicted molar refractivity (Wildman–Crippen MR) is 59.3 cm³/mol. The van der Waals surface area contributed by atoms with Gasteiger partial charge in [0.15, 0.2) is 0 Å². The van der Waals surface area contributed by atoms with Gasteiger partial charge in [-0.1, -0.05) is 29.8 Å². The van der Waals surface area contributed by atoms with Gasteiger partial charge in [0, 0.05) is 24.4 Å². The Bertz CT molecular complexity index is 457. The smallest absolute Gasteiger partial charge is 0.0978 e. The molecule has 1 N–H and O–H groups in total. The highest BCUT2D eigenvalue weighted by Crippen LogP contribution is 2.21. The monoisotopic (exact) mass is 202 g/mol. The molecule has 0 fully saturated rings. The summed E-state index contributed by atoms with van der Waals surface area (Å²) in [5, 5.41) is 13.5. The van der Waals surface area contributed by atoms with E-state index >= 15 is 0 Å². The zero-order chi connectivity index (χ0) is 10.8. The van der Waals surface area contributed by atoms with Gasteiger partial charge in [0.2, 0.25) is 0 Å². The van der Waals surface area contributed by atoms with E-state index in [-0.39, 0.29) is 6.61 Å². The number of hydrogen-bond donors (Lipinski definition) is 1. The third-order valence-corrected chi connectivity index (χ3v) is 2.40. The van der Waals surface area contributed by atoms with E-state index < -0.39 is 0 Å². The molecule has 0 radical (unpaired) electrons. The van der Waals surface area contributed by atoms with Gasteiger partial charge in [0.05, 0.1) is 12.3 Å². The van der Waals surface area contributed by atoms with Gasteiger partial charge in [0.1, 0.15) is 0 Å². The summed E-state index contributed by atoms with van der Waals surface area (Å²) in [5.41, 5.74) is 3.99. The SMILES string of the molecule is Cc1ccc(-c2nn(C)cc2CO)cc1. The number of nitrogens with zero attached hydrogens (tertiary/aromatic N) is 2. The quantitative estimate of drug-likeness (QED) is 0.807. The number of aryl methyl sites for hydroxylation is 2. The lowest BCUT2D eigenvalue weighted by Gasteiger charge is -2.00. The molecule has 0 aliphatic rings. The van der Waals surface area contributed by atoms with Crippen molar-refractivity contribution < 1.29 is 5.11 Å². The summed E-state index contributed by atoms with van der Waals surface area (Å²) in [6.45, 7) is 2.08. The first kappa shape index (κ1) is 9.93. The minimum absolute atomic E-state index is 0.0249.